The van der Waals surface area contributed by atoms with Gasteiger partial charge in [-0.25, -0.2) is 0 Å². The van der Waals surface area contributed by atoms with Gasteiger partial charge in [-0.15, -0.1) is 0 Å². The number of fused-ring (bicyclic) bond motifs is 5. The lowest BCUT2D eigenvalue weighted by Gasteiger charge is -2.59. The van der Waals surface area contributed by atoms with E-state index in [0.29, 0.717) is 10.8 Å². The summed E-state index contributed by atoms with van der Waals surface area (Å²) in [4.78, 5) is 0. The molecular weight excluding hydrogens is 368 g/mol. The quantitative estimate of drug-likeness (QED) is 0.471. The molecule has 3 saturated carbocycles. The molecule has 0 aromatic carbocycles. The first kappa shape index (κ1) is 24.3. The largest absolute Gasteiger partial charge is 0.390 e. The molecule has 3 fully saturated rings. The average molecular weight is 419 g/mol. The van der Waals surface area contributed by atoms with Crippen molar-refractivity contribution >= 4 is 0 Å². The summed E-state index contributed by atoms with van der Waals surface area (Å²) >= 11 is 0. The van der Waals surface area contributed by atoms with Gasteiger partial charge in [-0.1, -0.05) is 45.8 Å². The lowest BCUT2D eigenvalue weighted by molar-refractivity contribution is -0.0664. The highest BCUT2D eigenvalue weighted by atomic mass is 16.3. The van der Waals surface area contributed by atoms with Crippen molar-refractivity contribution in [1.29, 1.82) is 0 Å². The third kappa shape index (κ3) is 4.42. The fraction of sp³-hybridized carbons (Fsp3) is 0.929. The second-order valence-corrected chi connectivity index (χ2v) is 12.5. The lowest BCUT2D eigenvalue weighted by Crippen LogP contribution is -2.51. The Hall–Kier alpha value is -0.340. The Morgan fingerprint density at radius 3 is 2.37 bits per heavy atom. The van der Waals surface area contributed by atoms with Crippen molar-refractivity contribution in [3.05, 3.63) is 11.6 Å². The molecule has 0 bridgehead atoms. The summed E-state index contributed by atoms with van der Waals surface area (Å²) in [5.41, 5.74) is 1.43. The fourth-order valence-corrected chi connectivity index (χ4v) is 8.17. The van der Waals surface area contributed by atoms with E-state index in [1.54, 1.807) is 5.57 Å². The topological polar surface area (TPSA) is 40.5 Å². The van der Waals surface area contributed by atoms with Gasteiger partial charge in [0.25, 0.3) is 0 Å². The minimum atomic E-state index is -0.516. The van der Waals surface area contributed by atoms with Gasteiger partial charge in [0.1, 0.15) is 0 Å². The molecule has 0 heterocycles. The van der Waals surface area contributed by atoms with Crippen LogP contribution in [-0.4, -0.2) is 21.4 Å². The van der Waals surface area contributed by atoms with Gasteiger partial charge in [0, 0.05) is 0 Å². The van der Waals surface area contributed by atoms with Crippen LogP contribution < -0.4 is 0 Å². The van der Waals surface area contributed by atoms with Crippen LogP contribution in [0, 0.1) is 34.5 Å². The molecule has 2 nitrogen and oxygen atoms in total. The van der Waals surface area contributed by atoms with Crippen molar-refractivity contribution in [2.24, 2.45) is 34.5 Å². The van der Waals surface area contributed by atoms with Crippen LogP contribution in [0.1, 0.15) is 119 Å². The van der Waals surface area contributed by atoms with Crippen LogP contribution >= 0.6 is 0 Å². The third-order valence-electron chi connectivity index (χ3n) is 9.92. The molecule has 6 unspecified atom stereocenters. The van der Waals surface area contributed by atoms with Crippen LogP contribution in [0.25, 0.3) is 0 Å². The van der Waals surface area contributed by atoms with Gasteiger partial charge in [-0.05, 0) is 119 Å². The van der Waals surface area contributed by atoms with Gasteiger partial charge in [0.05, 0.1) is 11.2 Å². The molecule has 0 amide bonds. The normalized spacial score (nSPS) is 45.4. The smallest absolute Gasteiger partial charge is 0.0657 e. The number of aliphatic hydroxyl groups is 2. The molecule has 0 aromatic rings. The molecular formula is C28H50O2. The molecule has 30 heavy (non-hydrogen) atoms. The molecule has 7 atom stereocenters. The molecule has 0 aliphatic heterocycles. The van der Waals surface area contributed by atoms with E-state index in [2.05, 4.69) is 19.9 Å². The van der Waals surface area contributed by atoms with Crippen molar-refractivity contribution in [3.8, 4) is 0 Å². The first-order valence-corrected chi connectivity index (χ1v) is 13.1. The highest BCUT2D eigenvalue weighted by molar-refractivity contribution is 5.26. The monoisotopic (exact) mass is 418 g/mol. The number of hydrogen-bond acceptors (Lipinski definition) is 2. The summed E-state index contributed by atoms with van der Waals surface area (Å²) in [5.74, 6) is 3.42. The lowest BCUT2D eigenvalue weighted by atomic mass is 9.46. The Bertz CT molecular complexity index is 627. The number of allylic oxidation sites excluding steroid dienone is 1. The SMILES string of the molecule is CC.CC(C)(O)CCCC1CCC2C3CC=C4C[C@@](C)(O)CCC4(C)C3CCC12C. The first-order valence-electron chi connectivity index (χ1n) is 13.1. The van der Waals surface area contributed by atoms with E-state index in [1.807, 2.05) is 34.6 Å². The molecule has 0 aromatic heterocycles. The minimum absolute atomic E-state index is 0.339. The molecule has 2 heteroatoms. The summed E-state index contributed by atoms with van der Waals surface area (Å²) in [7, 11) is 0. The maximum absolute atomic E-state index is 10.6. The van der Waals surface area contributed by atoms with Crippen LogP contribution in [0.15, 0.2) is 11.6 Å². The zero-order valence-electron chi connectivity index (χ0n) is 21.1. The first-order chi connectivity index (χ1) is 13.9. The molecule has 0 spiro atoms. The predicted molar refractivity (Wildman–Crippen MR) is 127 cm³/mol. The zero-order valence-corrected chi connectivity index (χ0v) is 21.1. The molecule has 4 aliphatic rings. The Morgan fingerprint density at radius 1 is 1.00 bits per heavy atom. The standard InChI is InChI=1S/C26H44O2.C2H6/c1-23(2,27)13-6-7-18-9-11-21-20-10-8-19-17-24(3,28)15-16-26(19,5)22(20)12-14-25(18,21)4;1-2/h8,18,20-22,27-28H,6-7,9-17H2,1-5H3;1-2H3/t18?,20?,21?,22?,24-,25?,26?;/m0./s1. The van der Waals surface area contributed by atoms with Gasteiger partial charge in [-0.2, -0.15) is 0 Å². The molecule has 4 rings (SSSR count). The van der Waals surface area contributed by atoms with Gasteiger partial charge >= 0.3 is 0 Å². The predicted octanol–water partition coefficient (Wildman–Crippen LogP) is 7.28. The van der Waals surface area contributed by atoms with E-state index in [4.69, 9.17) is 0 Å². The van der Waals surface area contributed by atoms with E-state index >= 15 is 0 Å². The second kappa shape index (κ2) is 8.54. The Labute approximate surface area is 186 Å². The highest BCUT2D eigenvalue weighted by Gasteiger charge is 2.58. The summed E-state index contributed by atoms with van der Waals surface area (Å²) in [6.45, 7) is 15.1. The Kier molecular flexibility index (Phi) is 6.92. The summed E-state index contributed by atoms with van der Waals surface area (Å²) in [6.07, 6.45) is 15.8. The van der Waals surface area contributed by atoms with E-state index in [-0.39, 0.29) is 0 Å². The van der Waals surface area contributed by atoms with Crippen molar-refractivity contribution in [2.75, 3.05) is 0 Å². The minimum Gasteiger partial charge on any atom is -0.390 e. The molecule has 174 valence electrons. The van der Waals surface area contributed by atoms with E-state index < -0.39 is 11.2 Å². The van der Waals surface area contributed by atoms with Gasteiger partial charge in [-0.3, -0.25) is 0 Å². The van der Waals surface area contributed by atoms with E-state index in [9.17, 15) is 10.2 Å². The second-order valence-electron chi connectivity index (χ2n) is 12.5. The Balaban J connectivity index is 0.00000124. The van der Waals surface area contributed by atoms with Gasteiger partial charge in [0.15, 0.2) is 0 Å². The van der Waals surface area contributed by atoms with Crippen molar-refractivity contribution < 1.29 is 10.2 Å². The van der Waals surface area contributed by atoms with Gasteiger partial charge in [0.2, 0.25) is 0 Å². The zero-order chi connectivity index (χ0) is 22.4. The number of hydrogen-bond donors (Lipinski definition) is 2. The summed E-state index contributed by atoms with van der Waals surface area (Å²) < 4.78 is 0. The maximum atomic E-state index is 10.6. The molecule has 0 saturated heterocycles. The van der Waals surface area contributed by atoms with Crippen LogP contribution in [0.5, 0.6) is 0 Å². The van der Waals surface area contributed by atoms with Crippen molar-refractivity contribution in [1.82, 2.24) is 0 Å². The molecule has 4 aliphatic carbocycles. The summed E-state index contributed by atoms with van der Waals surface area (Å²) in [6, 6.07) is 0. The van der Waals surface area contributed by atoms with Crippen LogP contribution in [-0.2, 0) is 0 Å². The average Bonchev–Trinajstić information content (AvgIpc) is 2.99. The maximum Gasteiger partial charge on any atom is 0.0657 e. The van der Waals surface area contributed by atoms with Crippen molar-refractivity contribution in [3.63, 3.8) is 0 Å². The third-order valence-corrected chi connectivity index (χ3v) is 9.92. The molecule has 0 radical (unpaired) electrons. The van der Waals surface area contributed by atoms with E-state index in [1.165, 1.54) is 51.4 Å². The fourth-order valence-electron chi connectivity index (χ4n) is 8.17. The van der Waals surface area contributed by atoms with Crippen LogP contribution in [0.4, 0.5) is 0 Å². The summed E-state index contributed by atoms with van der Waals surface area (Å²) in [5, 5.41) is 20.7. The van der Waals surface area contributed by atoms with Crippen molar-refractivity contribution in [2.45, 2.75) is 130 Å². The van der Waals surface area contributed by atoms with Crippen LogP contribution in [0.2, 0.25) is 0 Å². The molecule has 2 N–H and O–H groups in total. The van der Waals surface area contributed by atoms with Crippen LogP contribution in [0.3, 0.4) is 0 Å². The highest BCUT2D eigenvalue weighted by Crippen LogP contribution is 2.67. The van der Waals surface area contributed by atoms with E-state index in [0.717, 1.165) is 42.9 Å². The van der Waals surface area contributed by atoms with Gasteiger partial charge < -0.3 is 10.2 Å². The number of rotatable bonds is 4. The Morgan fingerprint density at radius 2 is 1.70 bits per heavy atom.